The first-order valence-electron chi connectivity index (χ1n) is 6.74. The van der Waals surface area contributed by atoms with Gasteiger partial charge in [-0.1, -0.05) is 23.8 Å². The van der Waals surface area contributed by atoms with E-state index in [0.29, 0.717) is 0 Å². The first kappa shape index (κ1) is 12.9. The number of hydrogen-bond donors (Lipinski definition) is 2. The van der Waals surface area contributed by atoms with Crippen molar-refractivity contribution in [3.8, 4) is 5.75 Å². The lowest BCUT2D eigenvalue weighted by Crippen LogP contribution is -2.33. The number of hydrogen-bond acceptors (Lipinski definition) is 3. The Labute approximate surface area is 116 Å². The molecule has 0 amide bonds. The number of phenolic OH excluding ortho intramolecular Hbond substituents is 1. The van der Waals surface area contributed by atoms with Crippen molar-refractivity contribution < 1.29 is 19.8 Å². The quantitative estimate of drug-likeness (QED) is 0.654. The number of benzene rings is 1. The van der Waals surface area contributed by atoms with Crippen LogP contribution in [0.3, 0.4) is 0 Å². The zero-order valence-electron chi connectivity index (χ0n) is 11.1. The summed E-state index contributed by atoms with van der Waals surface area (Å²) >= 11 is 0. The highest BCUT2D eigenvalue weighted by Crippen LogP contribution is 2.49. The fourth-order valence-electron chi connectivity index (χ4n) is 3.54. The molecule has 2 N–H and O–H groups in total. The predicted molar refractivity (Wildman–Crippen MR) is 72.5 cm³/mol. The third kappa shape index (κ3) is 1.83. The number of aliphatic carboxylic acids is 1. The molecule has 2 aliphatic rings. The minimum atomic E-state index is -0.924. The normalized spacial score (nSPS) is 30.6. The summed E-state index contributed by atoms with van der Waals surface area (Å²) in [6.45, 7) is 1.84. The molecule has 1 fully saturated rings. The molecule has 0 aromatic heterocycles. The molecule has 4 nitrogen and oxygen atoms in total. The molecule has 2 bridgehead atoms. The van der Waals surface area contributed by atoms with E-state index in [9.17, 15) is 19.8 Å². The Morgan fingerprint density at radius 1 is 1.15 bits per heavy atom. The highest BCUT2D eigenvalue weighted by molar-refractivity contribution is 6.03. The van der Waals surface area contributed by atoms with Crippen molar-refractivity contribution in [1.29, 1.82) is 0 Å². The average molecular weight is 272 g/mol. The van der Waals surface area contributed by atoms with E-state index >= 15 is 0 Å². The second-order valence-corrected chi connectivity index (χ2v) is 5.72. The molecule has 0 saturated heterocycles. The van der Waals surface area contributed by atoms with Gasteiger partial charge in [-0.2, -0.15) is 0 Å². The fraction of sp³-hybridized carbons (Fsp3) is 0.375. The summed E-state index contributed by atoms with van der Waals surface area (Å²) in [6, 6.07) is 4.84. The fourth-order valence-corrected chi connectivity index (χ4v) is 3.54. The van der Waals surface area contributed by atoms with Crippen molar-refractivity contribution in [3.05, 3.63) is 41.5 Å². The Morgan fingerprint density at radius 2 is 1.80 bits per heavy atom. The van der Waals surface area contributed by atoms with Crippen LogP contribution in [0, 0.1) is 30.6 Å². The summed E-state index contributed by atoms with van der Waals surface area (Å²) < 4.78 is 0. The van der Waals surface area contributed by atoms with Gasteiger partial charge >= 0.3 is 5.97 Å². The highest BCUT2D eigenvalue weighted by Gasteiger charge is 2.51. The Balaban J connectivity index is 1.99. The number of allylic oxidation sites excluding steroid dienone is 2. The maximum Gasteiger partial charge on any atom is 0.307 e. The number of phenols is 1. The molecule has 4 heteroatoms. The van der Waals surface area contributed by atoms with Crippen LogP contribution in [0.2, 0.25) is 0 Å². The van der Waals surface area contributed by atoms with Crippen LogP contribution in [0.25, 0.3) is 0 Å². The zero-order chi connectivity index (χ0) is 14.4. The summed E-state index contributed by atoms with van der Waals surface area (Å²) in [5.74, 6) is -2.56. The SMILES string of the molecule is Cc1ccc(O)c(C(=O)[C@@H]2[C@@H](C(=O)O)[C@H]3C=C[C@H]2C3)c1. The molecule has 4 atom stereocenters. The maximum absolute atomic E-state index is 12.7. The van der Waals surface area contributed by atoms with Gasteiger partial charge in [0.25, 0.3) is 0 Å². The summed E-state index contributed by atoms with van der Waals surface area (Å²) in [5, 5.41) is 19.3. The van der Waals surface area contributed by atoms with Crippen LogP contribution in [0.15, 0.2) is 30.4 Å². The van der Waals surface area contributed by atoms with Crippen molar-refractivity contribution in [2.45, 2.75) is 13.3 Å². The van der Waals surface area contributed by atoms with E-state index in [1.165, 1.54) is 6.07 Å². The molecular formula is C16H16O4. The first-order chi connectivity index (χ1) is 9.49. The van der Waals surface area contributed by atoms with Crippen LogP contribution in [0.5, 0.6) is 5.75 Å². The number of ketones is 1. The largest absolute Gasteiger partial charge is 0.507 e. The summed E-state index contributed by atoms with van der Waals surface area (Å²) in [5.41, 5.74) is 1.11. The standard InChI is InChI=1S/C16H16O4/c1-8-2-5-12(17)11(6-8)15(18)13-9-3-4-10(7-9)14(13)16(19)20/h2-6,9-10,13-14,17H,7H2,1H3,(H,19,20)/t9-,10-,13-,14-/m0/s1. The lowest BCUT2D eigenvalue weighted by atomic mass is 9.78. The zero-order valence-corrected chi connectivity index (χ0v) is 11.1. The van der Waals surface area contributed by atoms with Crippen LogP contribution in [0.4, 0.5) is 0 Å². The van der Waals surface area contributed by atoms with Gasteiger partial charge in [0.1, 0.15) is 5.75 Å². The van der Waals surface area contributed by atoms with Crippen LogP contribution in [-0.2, 0) is 4.79 Å². The summed E-state index contributed by atoms with van der Waals surface area (Å²) in [4.78, 5) is 24.1. The predicted octanol–water partition coefficient (Wildman–Crippen LogP) is 2.41. The Kier molecular flexibility index (Phi) is 2.89. The third-order valence-corrected chi connectivity index (χ3v) is 4.46. The van der Waals surface area contributed by atoms with Gasteiger partial charge in [0.2, 0.25) is 0 Å². The van der Waals surface area contributed by atoms with Gasteiger partial charge in [-0.05, 0) is 37.3 Å². The number of fused-ring (bicyclic) bond motifs is 2. The minimum Gasteiger partial charge on any atom is -0.507 e. The molecule has 0 aliphatic heterocycles. The smallest absolute Gasteiger partial charge is 0.307 e. The first-order valence-corrected chi connectivity index (χ1v) is 6.74. The van der Waals surface area contributed by atoms with E-state index in [1.807, 2.05) is 19.1 Å². The number of Topliss-reactive ketones (excluding diaryl/α,β-unsaturated/α-hetero) is 1. The van der Waals surface area contributed by atoms with Crippen molar-refractivity contribution in [2.75, 3.05) is 0 Å². The van der Waals surface area contributed by atoms with E-state index in [1.54, 1.807) is 12.1 Å². The number of aryl methyl sites for hydroxylation is 1. The third-order valence-electron chi connectivity index (χ3n) is 4.46. The van der Waals surface area contributed by atoms with Crippen LogP contribution in [-0.4, -0.2) is 22.0 Å². The topological polar surface area (TPSA) is 74.6 Å². The van der Waals surface area contributed by atoms with Crippen LogP contribution < -0.4 is 0 Å². The minimum absolute atomic E-state index is 0.0199. The van der Waals surface area contributed by atoms with Crippen LogP contribution >= 0.6 is 0 Å². The molecule has 0 radical (unpaired) electrons. The van der Waals surface area contributed by atoms with Crippen molar-refractivity contribution >= 4 is 11.8 Å². The van der Waals surface area contributed by atoms with E-state index < -0.39 is 17.8 Å². The maximum atomic E-state index is 12.7. The number of carbonyl (C=O) groups is 2. The number of aromatic hydroxyl groups is 1. The van der Waals surface area contributed by atoms with Crippen molar-refractivity contribution in [3.63, 3.8) is 0 Å². The molecule has 0 unspecified atom stereocenters. The van der Waals surface area contributed by atoms with Gasteiger partial charge in [0.15, 0.2) is 5.78 Å². The number of carboxylic acids is 1. The molecule has 0 spiro atoms. The molecular weight excluding hydrogens is 256 g/mol. The monoisotopic (exact) mass is 272 g/mol. The second-order valence-electron chi connectivity index (χ2n) is 5.72. The molecule has 3 rings (SSSR count). The summed E-state index contributed by atoms with van der Waals surface area (Å²) in [6.07, 6.45) is 4.57. The Bertz CT molecular complexity index is 617. The van der Waals surface area contributed by atoms with Crippen molar-refractivity contribution in [1.82, 2.24) is 0 Å². The Morgan fingerprint density at radius 3 is 2.45 bits per heavy atom. The van der Waals surface area contributed by atoms with E-state index in [2.05, 4.69) is 0 Å². The highest BCUT2D eigenvalue weighted by atomic mass is 16.4. The van der Waals surface area contributed by atoms with Crippen molar-refractivity contribution in [2.24, 2.45) is 23.7 Å². The molecule has 2 aliphatic carbocycles. The number of rotatable bonds is 3. The van der Waals surface area contributed by atoms with Gasteiger partial charge in [-0.25, -0.2) is 0 Å². The lowest BCUT2D eigenvalue weighted by Gasteiger charge is -2.24. The molecule has 1 aromatic rings. The second kappa shape index (κ2) is 4.47. The van der Waals surface area contributed by atoms with Gasteiger partial charge < -0.3 is 10.2 Å². The van der Waals surface area contributed by atoms with Gasteiger partial charge in [-0.15, -0.1) is 0 Å². The van der Waals surface area contributed by atoms with Gasteiger partial charge in [-0.3, -0.25) is 9.59 Å². The van der Waals surface area contributed by atoms with Crippen LogP contribution in [0.1, 0.15) is 22.3 Å². The molecule has 1 saturated carbocycles. The van der Waals surface area contributed by atoms with Gasteiger partial charge in [0.05, 0.1) is 11.5 Å². The Hall–Kier alpha value is -2.10. The number of carbonyl (C=O) groups excluding carboxylic acids is 1. The number of carboxylic acid groups (broad SMARTS) is 1. The summed E-state index contributed by atoms with van der Waals surface area (Å²) in [7, 11) is 0. The average Bonchev–Trinajstić information content (AvgIpc) is 3.00. The molecule has 20 heavy (non-hydrogen) atoms. The van der Waals surface area contributed by atoms with E-state index in [4.69, 9.17) is 0 Å². The molecule has 0 heterocycles. The lowest BCUT2D eigenvalue weighted by molar-refractivity contribution is -0.143. The van der Waals surface area contributed by atoms with Gasteiger partial charge in [0, 0.05) is 5.92 Å². The molecule has 1 aromatic carbocycles. The van der Waals surface area contributed by atoms with E-state index in [-0.39, 0.29) is 28.9 Å². The molecule has 104 valence electrons. The van der Waals surface area contributed by atoms with E-state index in [0.717, 1.165) is 12.0 Å².